The van der Waals surface area contributed by atoms with E-state index in [0.29, 0.717) is 12.2 Å². The van der Waals surface area contributed by atoms with Gasteiger partial charge < -0.3 is 49.1 Å². The van der Waals surface area contributed by atoms with Crippen LogP contribution in [0.5, 0.6) is 0 Å². The van der Waals surface area contributed by atoms with E-state index in [2.05, 4.69) is 20.9 Å². The van der Waals surface area contributed by atoms with Gasteiger partial charge in [-0.05, 0) is 38.2 Å². The normalized spacial score (nSPS) is 15.0. The molecule has 0 aromatic rings. The molecule has 15 nitrogen and oxygen atoms in total. The Hall–Kier alpha value is -3.11. The second-order valence-electron chi connectivity index (χ2n) is 7.69. The number of thioether (sulfide) groups is 1. The molecule has 0 aromatic heterocycles. The highest BCUT2D eigenvalue weighted by molar-refractivity contribution is 7.98. The summed E-state index contributed by atoms with van der Waals surface area (Å²) in [4.78, 5) is 64.4. The van der Waals surface area contributed by atoms with E-state index in [4.69, 9.17) is 22.9 Å². The summed E-state index contributed by atoms with van der Waals surface area (Å²) in [6, 6.07) is -5.28. The van der Waals surface area contributed by atoms with Crippen LogP contribution in [0.4, 0.5) is 0 Å². The lowest BCUT2D eigenvalue weighted by Gasteiger charge is -2.25. The largest absolute Gasteiger partial charge is 0.480 e. The molecule has 0 saturated carbocycles. The Bertz CT molecular complexity index is 776. The van der Waals surface area contributed by atoms with E-state index in [1.807, 2.05) is 0 Å². The third-order valence-corrected chi connectivity index (χ3v) is 5.28. The molecule has 200 valence electrons. The van der Waals surface area contributed by atoms with Crippen molar-refractivity contribution in [3.05, 3.63) is 0 Å². The van der Waals surface area contributed by atoms with Gasteiger partial charge >= 0.3 is 5.97 Å². The lowest BCUT2D eigenvalue weighted by Crippen LogP contribution is -2.58. The predicted octanol–water partition coefficient (Wildman–Crippen LogP) is -4.08. The van der Waals surface area contributed by atoms with E-state index < -0.39 is 66.3 Å². The molecule has 0 spiro atoms. The summed E-state index contributed by atoms with van der Waals surface area (Å²) in [5, 5.41) is 25.7. The van der Waals surface area contributed by atoms with Gasteiger partial charge in [-0.3, -0.25) is 24.2 Å². The quantitative estimate of drug-likeness (QED) is 0.0505. The first-order valence-electron chi connectivity index (χ1n) is 10.7. The summed E-state index contributed by atoms with van der Waals surface area (Å²) in [6.45, 7) is 1.43. The fourth-order valence-corrected chi connectivity index (χ4v) is 3.23. The van der Waals surface area contributed by atoms with Gasteiger partial charge in [0, 0.05) is 6.54 Å². The van der Waals surface area contributed by atoms with E-state index in [1.54, 1.807) is 6.26 Å². The summed E-state index contributed by atoms with van der Waals surface area (Å²) in [6.07, 6.45) is 0.458. The van der Waals surface area contributed by atoms with Crippen LogP contribution >= 0.6 is 11.8 Å². The number of aliphatic carboxylic acids is 1. The van der Waals surface area contributed by atoms with Gasteiger partial charge in [0.1, 0.15) is 12.1 Å². The monoisotopic (exact) mass is 520 g/mol. The number of hydrogen-bond donors (Lipinski definition) is 9. The van der Waals surface area contributed by atoms with Crippen LogP contribution in [0.3, 0.4) is 0 Å². The van der Waals surface area contributed by atoms with Gasteiger partial charge in [-0.1, -0.05) is 0 Å². The van der Waals surface area contributed by atoms with Crippen molar-refractivity contribution in [3.63, 3.8) is 0 Å². The Morgan fingerprint density at radius 1 is 0.943 bits per heavy atom. The molecule has 35 heavy (non-hydrogen) atoms. The van der Waals surface area contributed by atoms with Crippen LogP contribution < -0.4 is 38.9 Å². The SMILES string of the molecule is CSCCC(NC(=O)C(CC(N)=O)NC(=O)C(N)CCCN=C(N)N)C(=O)NC(C(=O)O)C(C)O. The van der Waals surface area contributed by atoms with Gasteiger partial charge in [-0.2, -0.15) is 11.8 Å². The van der Waals surface area contributed by atoms with Gasteiger partial charge in [0.05, 0.1) is 18.6 Å². The first kappa shape index (κ1) is 31.9. The Labute approximate surface area is 207 Å². The van der Waals surface area contributed by atoms with Crippen LogP contribution in [-0.2, 0) is 24.0 Å². The lowest BCUT2D eigenvalue weighted by atomic mass is 10.1. The summed E-state index contributed by atoms with van der Waals surface area (Å²) in [5.41, 5.74) is 21.5. The molecular weight excluding hydrogens is 484 g/mol. The minimum atomic E-state index is -1.60. The number of aliphatic imine (C=N–C) groups is 1. The second-order valence-corrected chi connectivity index (χ2v) is 8.68. The van der Waals surface area contributed by atoms with Crippen molar-refractivity contribution in [3.8, 4) is 0 Å². The van der Waals surface area contributed by atoms with Gasteiger partial charge in [0.25, 0.3) is 0 Å². The van der Waals surface area contributed by atoms with Crippen molar-refractivity contribution in [2.24, 2.45) is 27.9 Å². The lowest BCUT2D eigenvalue weighted by molar-refractivity contribution is -0.145. The molecule has 4 amide bonds. The van der Waals surface area contributed by atoms with Crippen LogP contribution in [0.25, 0.3) is 0 Å². The highest BCUT2D eigenvalue weighted by Gasteiger charge is 2.32. The molecule has 5 unspecified atom stereocenters. The number of rotatable bonds is 17. The second kappa shape index (κ2) is 16.5. The minimum Gasteiger partial charge on any atom is -0.480 e. The number of nitrogens with one attached hydrogen (secondary N) is 3. The molecule has 0 aliphatic carbocycles. The van der Waals surface area contributed by atoms with E-state index in [1.165, 1.54) is 18.7 Å². The van der Waals surface area contributed by atoms with Crippen molar-refractivity contribution in [1.82, 2.24) is 16.0 Å². The zero-order valence-electron chi connectivity index (χ0n) is 19.7. The number of carbonyl (C=O) groups excluding carboxylic acids is 4. The Morgan fingerprint density at radius 3 is 2.00 bits per heavy atom. The molecule has 0 saturated heterocycles. The number of carboxylic acid groups (broad SMARTS) is 1. The molecule has 5 atom stereocenters. The number of hydrogen-bond acceptors (Lipinski definition) is 9. The summed E-state index contributed by atoms with van der Waals surface area (Å²) in [5.74, 6) is -4.53. The van der Waals surface area contributed by atoms with Gasteiger partial charge in [0.15, 0.2) is 12.0 Å². The molecule has 0 heterocycles. The van der Waals surface area contributed by atoms with Gasteiger partial charge in [-0.15, -0.1) is 0 Å². The maximum atomic E-state index is 12.8. The molecule has 0 fully saturated rings. The maximum absolute atomic E-state index is 12.8. The average Bonchev–Trinajstić information content (AvgIpc) is 2.75. The third kappa shape index (κ3) is 13.4. The van der Waals surface area contributed by atoms with Crippen molar-refractivity contribution in [2.75, 3.05) is 18.6 Å². The first-order chi connectivity index (χ1) is 16.3. The Morgan fingerprint density at radius 2 is 1.51 bits per heavy atom. The summed E-state index contributed by atoms with van der Waals surface area (Å²) >= 11 is 1.37. The topological polar surface area (TPSA) is 278 Å². The number of carbonyl (C=O) groups is 5. The molecule has 0 bridgehead atoms. The predicted molar refractivity (Wildman–Crippen MR) is 130 cm³/mol. The highest BCUT2D eigenvalue weighted by Crippen LogP contribution is 2.05. The standard InChI is InChI=1S/C19H36N8O7S/c1-9(28)14(18(33)34)27-16(31)11(5-7-35-2)25-17(32)12(8-13(21)29)26-15(30)10(20)4-3-6-24-19(22)23/h9-12,14,28H,3-8,20H2,1-2H3,(H2,21,29)(H,25,32)(H,26,30)(H,27,31)(H,33,34)(H4,22,23,24). The van der Waals surface area contributed by atoms with Crippen LogP contribution in [-0.4, -0.2) is 94.6 Å². The van der Waals surface area contributed by atoms with Crippen molar-refractivity contribution in [1.29, 1.82) is 0 Å². The van der Waals surface area contributed by atoms with Crippen molar-refractivity contribution >= 4 is 47.3 Å². The number of aliphatic hydroxyl groups excluding tert-OH is 1. The van der Waals surface area contributed by atoms with E-state index in [-0.39, 0.29) is 25.3 Å². The molecule has 0 aliphatic rings. The summed E-state index contributed by atoms with van der Waals surface area (Å²) in [7, 11) is 0. The molecule has 16 heteroatoms. The Kier molecular flexibility index (Phi) is 15.0. The molecule has 0 aliphatic heterocycles. The number of nitrogens with two attached hydrogens (primary N) is 4. The third-order valence-electron chi connectivity index (χ3n) is 4.63. The average molecular weight is 521 g/mol. The fraction of sp³-hybridized carbons (Fsp3) is 0.684. The number of amides is 4. The maximum Gasteiger partial charge on any atom is 0.328 e. The van der Waals surface area contributed by atoms with Crippen LogP contribution in [0.2, 0.25) is 0 Å². The van der Waals surface area contributed by atoms with Crippen LogP contribution in [0, 0.1) is 0 Å². The minimum absolute atomic E-state index is 0.104. The zero-order valence-corrected chi connectivity index (χ0v) is 20.5. The van der Waals surface area contributed by atoms with Crippen LogP contribution in [0.15, 0.2) is 4.99 Å². The smallest absolute Gasteiger partial charge is 0.328 e. The van der Waals surface area contributed by atoms with Crippen LogP contribution in [0.1, 0.15) is 32.6 Å². The van der Waals surface area contributed by atoms with Crippen molar-refractivity contribution in [2.45, 2.75) is 62.9 Å². The fourth-order valence-electron chi connectivity index (χ4n) is 2.76. The van der Waals surface area contributed by atoms with E-state index in [0.717, 1.165) is 0 Å². The first-order valence-corrected chi connectivity index (χ1v) is 12.1. The number of primary amides is 1. The van der Waals surface area contributed by atoms with Gasteiger partial charge in [-0.25, -0.2) is 4.79 Å². The number of aliphatic hydroxyl groups is 1. The molecule has 0 radical (unpaired) electrons. The number of carboxylic acids is 1. The zero-order chi connectivity index (χ0) is 27.1. The van der Waals surface area contributed by atoms with E-state index >= 15 is 0 Å². The molecule has 13 N–H and O–H groups in total. The molecule has 0 aromatic carbocycles. The Balaban J connectivity index is 5.37. The molecular formula is C19H36N8O7S. The number of guanidine groups is 1. The van der Waals surface area contributed by atoms with E-state index in [9.17, 15) is 34.2 Å². The highest BCUT2D eigenvalue weighted by atomic mass is 32.2. The number of nitrogens with zero attached hydrogens (tertiary/aromatic N) is 1. The molecule has 0 rings (SSSR count). The summed E-state index contributed by atoms with van der Waals surface area (Å²) < 4.78 is 0. The van der Waals surface area contributed by atoms with Gasteiger partial charge in [0.2, 0.25) is 23.6 Å². The van der Waals surface area contributed by atoms with Crippen molar-refractivity contribution < 1.29 is 34.2 Å².